The van der Waals surface area contributed by atoms with E-state index in [1.54, 1.807) is 0 Å². The summed E-state index contributed by atoms with van der Waals surface area (Å²) in [6.07, 6.45) is 2.39. The average molecular weight is 300 g/mol. The highest BCUT2D eigenvalue weighted by molar-refractivity contribution is 5.77. The first-order chi connectivity index (χ1) is 10.6. The predicted octanol–water partition coefficient (Wildman–Crippen LogP) is 3.34. The number of ether oxygens (including phenoxy) is 1. The Morgan fingerprint density at radius 3 is 2.55 bits per heavy atom. The number of hydrogen-bond acceptors (Lipinski definition) is 3. The Morgan fingerprint density at radius 2 is 2.00 bits per heavy atom. The Bertz CT molecular complexity index is 525. The lowest BCUT2D eigenvalue weighted by atomic mass is 9.94. The Labute approximate surface area is 132 Å². The van der Waals surface area contributed by atoms with Crippen LogP contribution in [0.1, 0.15) is 44.6 Å². The molecule has 0 bridgehead atoms. The first-order valence-corrected chi connectivity index (χ1v) is 8.04. The molecule has 1 amide bonds. The molecule has 1 unspecified atom stereocenters. The molecular formula is C18H24N2O2. The SMILES string of the molecule is CCOc1ccc(C(C#N)CC(=O)N2CCC(C)CC2)cc1. The van der Waals surface area contributed by atoms with Gasteiger partial charge in [0.1, 0.15) is 5.75 Å². The third-order valence-electron chi connectivity index (χ3n) is 4.26. The van der Waals surface area contributed by atoms with E-state index in [-0.39, 0.29) is 18.2 Å². The molecule has 2 rings (SSSR count). The number of nitrogens with zero attached hydrogens (tertiary/aromatic N) is 2. The van der Waals surface area contributed by atoms with Gasteiger partial charge < -0.3 is 9.64 Å². The van der Waals surface area contributed by atoms with Gasteiger partial charge in [0.2, 0.25) is 5.91 Å². The normalized spacial score (nSPS) is 16.9. The van der Waals surface area contributed by atoms with Crippen molar-refractivity contribution in [1.82, 2.24) is 4.90 Å². The van der Waals surface area contributed by atoms with E-state index < -0.39 is 0 Å². The standard InChI is InChI=1S/C18H24N2O2/c1-3-22-17-6-4-15(5-7-17)16(13-19)12-18(21)20-10-8-14(2)9-11-20/h4-7,14,16H,3,8-12H2,1-2H3. The molecule has 1 atom stereocenters. The molecule has 1 heterocycles. The van der Waals surface area contributed by atoms with Crippen molar-refractivity contribution in [3.05, 3.63) is 29.8 Å². The molecule has 1 aliphatic heterocycles. The molecule has 0 N–H and O–H groups in total. The smallest absolute Gasteiger partial charge is 0.224 e. The van der Waals surface area contributed by atoms with Gasteiger partial charge in [-0.25, -0.2) is 0 Å². The van der Waals surface area contributed by atoms with Crippen LogP contribution in [0.15, 0.2) is 24.3 Å². The van der Waals surface area contributed by atoms with Gasteiger partial charge in [0, 0.05) is 19.5 Å². The number of likely N-dealkylation sites (tertiary alicyclic amines) is 1. The summed E-state index contributed by atoms with van der Waals surface area (Å²) in [5.41, 5.74) is 0.879. The highest BCUT2D eigenvalue weighted by Gasteiger charge is 2.23. The summed E-state index contributed by atoms with van der Waals surface area (Å²) < 4.78 is 5.40. The Morgan fingerprint density at radius 1 is 1.36 bits per heavy atom. The Kier molecular flexibility index (Phi) is 5.83. The van der Waals surface area contributed by atoms with E-state index in [4.69, 9.17) is 4.74 Å². The maximum Gasteiger partial charge on any atom is 0.224 e. The zero-order valence-corrected chi connectivity index (χ0v) is 13.4. The molecule has 118 valence electrons. The summed E-state index contributed by atoms with van der Waals surface area (Å²) in [4.78, 5) is 14.3. The lowest BCUT2D eigenvalue weighted by Gasteiger charge is -2.30. The average Bonchev–Trinajstić information content (AvgIpc) is 2.54. The van der Waals surface area contributed by atoms with Crippen molar-refractivity contribution in [2.75, 3.05) is 19.7 Å². The molecule has 1 fully saturated rings. The molecular weight excluding hydrogens is 276 g/mol. The van der Waals surface area contributed by atoms with Crippen LogP contribution in [0.3, 0.4) is 0 Å². The van der Waals surface area contributed by atoms with Crippen LogP contribution in [0.25, 0.3) is 0 Å². The summed E-state index contributed by atoms with van der Waals surface area (Å²) in [6.45, 7) is 6.42. The number of rotatable bonds is 5. The van der Waals surface area contributed by atoms with Crippen molar-refractivity contribution in [1.29, 1.82) is 5.26 Å². The van der Waals surface area contributed by atoms with E-state index >= 15 is 0 Å². The summed E-state index contributed by atoms with van der Waals surface area (Å²) in [5, 5.41) is 9.39. The maximum atomic E-state index is 12.4. The Balaban J connectivity index is 1.96. The third kappa shape index (κ3) is 4.24. The van der Waals surface area contributed by atoms with Crippen molar-refractivity contribution in [3.63, 3.8) is 0 Å². The first kappa shape index (κ1) is 16.4. The molecule has 0 radical (unpaired) electrons. The number of nitriles is 1. The van der Waals surface area contributed by atoms with Crippen molar-refractivity contribution >= 4 is 5.91 Å². The molecule has 1 aliphatic rings. The quantitative estimate of drug-likeness (QED) is 0.838. The zero-order valence-electron chi connectivity index (χ0n) is 13.4. The molecule has 0 spiro atoms. The molecule has 22 heavy (non-hydrogen) atoms. The van der Waals surface area contributed by atoms with Gasteiger partial charge in [0.25, 0.3) is 0 Å². The van der Waals surface area contributed by atoms with Gasteiger partial charge in [0.15, 0.2) is 0 Å². The topological polar surface area (TPSA) is 53.3 Å². The van der Waals surface area contributed by atoms with Crippen molar-refractivity contribution in [2.24, 2.45) is 5.92 Å². The van der Waals surface area contributed by atoms with Gasteiger partial charge in [0.05, 0.1) is 18.6 Å². The Hall–Kier alpha value is -2.02. The van der Waals surface area contributed by atoms with Crippen molar-refractivity contribution < 1.29 is 9.53 Å². The number of amides is 1. The van der Waals surface area contributed by atoms with Crippen molar-refractivity contribution in [2.45, 2.75) is 39.0 Å². The number of benzene rings is 1. The van der Waals surface area contributed by atoms with Crippen LogP contribution in [0.4, 0.5) is 0 Å². The van der Waals surface area contributed by atoms with Gasteiger partial charge >= 0.3 is 0 Å². The molecule has 0 aromatic heterocycles. The summed E-state index contributed by atoms with van der Waals surface area (Å²) in [6, 6.07) is 9.73. The fourth-order valence-corrected chi connectivity index (χ4v) is 2.76. The third-order valence-corrected chi connectivity index (χ3v) is 4.26. The number of hydrogen-bond donors (Lipinski definition) is 0. The van der Waals surface area contributed by atoms with Crippen LogP contribution in [0.2, 0.25) is 0 Å². The lowest BCUT2D eigenvalue weighted by Crippen LogP contribution is -2.38. The molecule has 4 heteroatoms. The largest absolute Gasteiger partial charge is 0.494 e. The van der Waals surface area contributed by atoms with Crippen molar-refractivity contribution in [3.8, 4) is 11.8 Å². The predicted molar refractivity (Wildman–Crippen MR) is 85.6 cm³/mol. The summed E-state index contributed by atoms with van der Waals surface area (Å²) in [7, 11) is 0. The molecule has 1 aromatic rings. The minimum atomic E-state index is -0.387. The van der Waals surface area contributed by atoms with E-state index in [2.05, 4.69) is 13.0 Å². The minimum Gasteiger partial charge on any atom is -0.494 e. The summed E-state index contributed by atoms with van der Waals surface area (Å²) >= 11 is 0. The van der Waals surface area contributed by atoms with E-state index in [1.807, 2.05) is 36.1 Å². The molecule has 1 aromatic carbocycles. The second-order valence-corrected chi connectivity index (χ2v) is 5.95. The summed E-state index contributed by atoms with van der Waals surface area (Å²) in [5.74, 6) is 1.19. The molecule has 4 nitrogen and oxygen atoms in total. The molecule has 0 saturated carbocycles. The maximum absolute atomic E-state index is 12.4. The first-order valence-electron chi connectivity index (χ1n) is 8.04. The van der Waals surface area contributed by atoms with Gasteiger partial charge in [-0.05, 0) is 43.4 Å². The molecule has 0 aliphatic carbocycles. The number of carbonyl (C=O) groups is 1. The van der Waals surface area contributed by atoms with E-state index in [1.165, 1.54) is 0 Å². The van der Waals surface area contributed by atoms with Crippen LogP contribution in [-0.2, 0) is 4.79 Å². The van der Waals surface area contributed by atoms with Gasteiger partial charge in [-0.3, -0.25) is 4.79 Å². The van der Waals surface area contributed by atoms with Crippen LogP contribution in [0, 0.1) is 17.2 Å². The van der Waals surface area contributed by atoms with E-state index in [0.717, 1.165) is 37.2 Å². The van der Waals surface area contributed by atoms with Gasteiger partial charge in [-0.1, -0.05) is 19.1 Å². The number of piperidine rings is 1. The van der Waals surface area contributed by atoms with Gasteiger partial charge in [-0.2, -0.15) is 5.26 Å². The second-order valence-electron chi connectivity index (χ2n) is 5.95. The van der Waals surface area contributed by atoms with Crippen LogP contribution in [-0.4, -0.2) is 30.5 Å². The monoisotopic (exact) mass is 300 g/mol. The van der Waals surface area contributed by atoms with E-state index in [0.29, 0.717) is 12.5 Å². The number of carbonyl (C=O) groups excluding carboxylic acids is 1. The van der Waals surface area contributed by atoms with Crippen LogP contribution < -0.4 is 4.74 Å². The van der Waals surface area contributed by atoms with Gasteiger partial charge in [-0.15, -0.1) is 0 Å². The minimum absolute atomic E-state index is 0.0901. The van der Waals surface area contributed by atoms with E-state index in [9.17, 15) is 10.1 Å². The zero-order chi connectivity index (χ0) is 15.9. The van der Waals surface area contributed by atoms with Crippen LogP contribution >= 0.6 is 0 Å². The fraction of sp³-hybridized carbons (Fsp3) is 0.556. The van der Waals surface area contributed by atoms with Crippen LogP contribution in [0.5, 0.6) is 5.75 Å². The molecule has 1 saturated heterocycles. The fourth-order valence-electron chi connectivity index (χ4n) is 2.76. The highest BCUT2D eigenvalue weighted by atomic mass is 16.5. The lowest BCUT2D eigenvalue weighted by molar-refractivity contribution is -0.132. The highest BCUT2D eigenvalue weighted by Crippen LogP contribution is 2.24. The second kappa shape index (κ2) is 7.84.